The van der Waals surface area contributed by atoms with Gasteiger partial charge >= 0.3 is 0 Å². The van der Waals surface area contributed by atoms with Gasteiger partial charge in [-0.25, -0.2) is 0 Å². The summed E-state index contributed by atoms with van der Waals surface area (Å²) in [7, 11) is 0. The molecule has 0 aromatic carbocycles. The Bertz CT molecular complexity index is 436. The van der Waals surface area contributed by atoms with Crippen LogP contribution < -0.4 is 5.32 Å². The van der Waals surface area contributed by atoms with Gasteiger partial charge in [-0.15, -0.1) is 0 Å². The van der Waals surface area contributed by atoms with Crippen molar-refractivity contribution in [3.8, 4) is 0 Å². The van der Waals surface area contributed by atoms with Crippen molar-refractivity contribution in [2.75, 3.05) is 12.8 Å². The predicted octanol–water partition coefficient (Wildman–Crippen LogP) is 2.96. The minimum Gasteiger partial charge on any atom is -0.455 e. The third kappa shape index (κ3) is 4.28. The Labute approximate surface area is 124 Å². The summed E-state index contributed by atoms with van der Waals surface area (Å²) >= 11 is 1.65. The highest BCUT2D eigenvalue weighted by atomic mass is 32.2. The van der Waals surface area contributed by atoms with Crippen molar-refractivity contribution < 1.29 is 14.3 Å². The van der Waals surface area contributed by atoms with E-state index in [1.165, 1.54) is 12.8 Å². The fourth-order valence-electron chi connectivity index (χ4n) is 2.62. The largest absolute Gasteiger partial charge is 0.455 e. The zero-order valence-corrected chi connectivity index (χ0v) is 12.8. The molecule has 0 saturated heterocycles. The molecule has 0 bridgehead atoms. The summed E-state index contributed by atoms with van der Waals surface area (Å²) in [6.07, 6.45) is 7.94. The summed E-state index contributed by atoms with van der Waals surface area (Å²) in [5, 5.41) is 13.3. The SMILES string of the molecule is CSCc1ccc(C(=O)NCC2(O)CCCCCC2)o1. The van der Waals surface area contributed by atoms with E-state index in [0.29, 0.717) is 12.3 Å². The second-order valence-electron chi connectivity index (χ2n) is 5.52. The molecule has 112 valence electrons. The van der Waals surface area contributed by atoms with Crippen LogP contribution in [0.1, 0.15) is 54.8 Å². The Kier molecular flexibility index (Phi) is 5.54. The van der Waals surface area contributed by atoms with E-state index in [9.17, 15) is 9.90 Å². The van der Waals surface area contributed by atoms with Crippen molar-refractivity contribution in [2.24, 2.45) is 0 Å². The molecule has 1 aliphatic carbocycles. The highest BCUT2D eigenvalue weighted by molar-refractivity contribution is 7.97. The van der Waals surface area contributed by atoms with E-state index in [4.69, 9.17) is 4.42 Å². The number of hydrogen-bond donors (Lipinski definition) is 2. The lowest BCUT2D eigenvalue weighted by molar-refractivity contribution is 0.0243. The van der Waals surface area contributed by atoms with Crippen molar-refractivity contribution in [3.63, 3.8) is 0 Å². The first-order valence-corrected chi connectivity index (χ1v) is 8.61. The standard InChI is InChI=1S/C15H23NO3S/c1-20-10-12-6-7-13(19-12)14(17)16-11-15(18)8-4-2-3-5-9-15/h6-7,18H,2-5,8-11H2,1H3,(H,16,17). The molecule has 1 heterocycles. The number of amides is 1. The number of aliphatic hydroxyl groups is 1. The monoisotopic (exact) mass is 297 g/mol. The first-order chi connectivity index (χ1) is 9.63. The molecule has 5 heteroatoms. The van der Waals surface area contributed by atoms with Gasteiger partial charge in [0.2, 0.25) is 0 Å². The van der Waals surface area contributed by atoms with Gasteiger partial charge in [0.15, 0.2) is 5.76 Å². The van der Waals surface area contributed by atoms with Crippen molar-refractivity contribution in [1.82, 2.24) is 5.32 Å². The molecule has 1 aromatic heterocycles. The lowest BCUT2D eigenvalue weighted by Crippen LogP contribution is -2.42. The minimum atomic E-state index is -0.749. The van der Waals surface area contributed by atoms with Crippen LogP contribution in [0, 0.1) is 0 Å². The van der Waals surface area contributed by atoms with E-state index >= 15 is 0 Å². The molecule has 1 amide bonds. The van der Waals surface area contributed by atoms with E-state index in [2.05, 4.69) is 5.32 Å². The third-order valence-electron chi connectivity index (χ3n) is 3.78. The highest BCUT2D eigenvalue weighted by Crippen LogP contribution is 2.26. The van der Waals surface area contributed by atoms with Crippen molar-refractivity contribution in [2.45, 2.75) is 49.9 Å². The number of rotatable bonds is 5. The van der Waals surface area contributed by atoms with Gasteiger partial charge in [-0.3, -0.25) is 4.79 Å². The van der Waals surface area contributed by atoms with Gasteiger partial charge in [0, 0.05) is 6.54 Å². The van der Waals surface area contributed by atoms with Crippen LogP contribution in [-0.2, 0) is 5.75 Å². The maximum Gasteiger partial charge on any atom is 0.287 e. The molecule has 0 atom stereocenters. The first-order valence-electron chi connectivity index (χ1n) is 7.21. The first kappa shape index (κ1) is 15.4. The Hall–Kier alpha value is -0.940. The highest BCUT2D eigenvalue weighted by Gasteiger charge is 2.28. The topological polar surface area (TPSA) is 62.5 Å². The normalized spacial score (nSPS) is 18.5. The van der Waals surface area contributed by atoms with Crippen LogP contribution in [-0.4, -0.2) is 29.4 Å². The molecule has 1 saturated carbocycles. The quantitative estimate of drug-likeness (QED) is 0.820. The minimum absolute atomic E-state index is 0.241. The average Bonchev–Trinajstić information content (AvgIpc) is 2.79. The maximum atomic E-state index is 12.0. The van der Waals surface area contributed by atoms with Gasteiger partial charge in [0.25, 0.3) is 5.91 Å². The summed E-state index contributed by atoms with van der Waals surface area (Å²) in [5.74, 6) is 1.65. The zero-order chi connectivity index (χ0) is 14.4. The molecule has 0 spiro atoms. The maximum absolute atomic E-state index is 12.0. The number of thioether (sulfide) groups is 1. The summed E-state index contributed by atoms with van der Waals surface area (Å²) in [6, 6.07) is 3.52. The van der Waals surface area contributed by atoms with Crippen LogP contribution in [0.2, 0.25) is 0 Å². The third-order valence-corrected chi connectivity index (χ3v) is 4.36. The lowest BCUT2D eigenvalue weighted by Gasteiger charge is -2.26. The summed E-state index contributed by atoms with van der Waals surface area (Å²) < 4.78 is 5.47. The average molecular weight is 297 g/mol. The second kappa shape index (κ2) is 7.18. The Morgan fingerprint density at radius 1 is 1.35 bits per heavy atom. The van der Waals surface area contributed by atoms with Gasteiger partial charge < -0.3 is 14.8 Å². The number of carbonyl (C=O) groups is 1. The fraction of sp³-hybridized carbons (Fsp3) is 0.667. The Morgan fingerprint density at radius 2 is 2.05 bits per heavy atom. The lowest BCUT2D eigenvalue weighted by atomic mass is 9.94. The number of carbonyl (C=O) groups excluding carboxylic acids is 1. The molecular formula is C15H23NO3S. The van der Waals surface area contributed by atoms with Crippen molar-refractivity contribution >= 4 is 17.7 Å². The molecule has 0 aliphatic heterocycles. The van der Waals surface area contributed by atoms with E-state index in [1.807, 2.05) is 12.3 Å². The van der Waals surface area contributed by atoms with Crippen LogP contribution in [0.5, 0.6) is 0 Å². The number of hydrogen-bond acceptors (Lipinski definition) is 4. The molecule has 0 unspecified atom stereocenters. The Morgan fingerprint density at radius 3 is 2.70 bits per heavy atom. The summed E-state index contributed by atoms with van der Waals surface area (Å²) in [6.45, 7) is 0.310. The van der Waals surface area contributed by atoms with Crippen LogP contribution in [0.4, 0.5) is 0 Å². The van der Waals surface area contributed by atoms with E-state index in [0.717, 1.165) is 37.2 Å². The van der Waals surface area contributed by atoms with E-state index in [-0.39, 0.29) is 5.91 Å². The number of nitrogens with one attached hydrogen (secondary N) is 1. The molecule has 4 nitrogen and oxygen atoms in total. The molecule has 20 heavy (non-hydrogen) atoms. The summed E-state index contributed by atoms with van der Waals surface area (Å²) in [4.78, 5) is 12.0. The zero-order valence-electron chi connectivity index (χ0n) is 12.0. The molecule has 2 rings (SSSR count). The van der Waals surface area contributed by atoms with E-state index < -0.39 is 5.60 Å². The molecule has 1 aromatic rings. The van der Waals surface area contributed by atoms with Crippen molar-refractivity contribution in [3.05, 3.63) is 23.7 Å². The molecule has 1 fully saturated rings. The van der Waals surface area contributed by atoms with Crippen molar-refractivity contribution in [1.29, 1.82) is 0 Å². The summed E-state index contributed by atoms with van der Waals surface area (Å²) in [5.41, 5.74) is -0.749. The van der Waals surface area contributed by atoms with Gasteiger partial charge in [-0.1, -0.05) is 25.7 Å². The van der Waals surface area contributed by atoms with Gasteiger partial charge in [0.1, 0.15) is 5.76 Å². The van der Waals surface area contributed by atoms with Crippen LogP contribution in [0.25, 0.3) is 0 Å². The smallest absolute Gasteiger partial charge is 0.287 e. The molecule has 0 radical (unpaired) electrons. The predicted molar refractivity (Wildman–Crippen MR) is 80.9 cm³/mol. The molecule has 1 aliphatic rings. The van der Waals surface area contributed by atoms with Gasteiger partial charge in [-0.2, -0.15) is 11.8 Å². The van der Waals surface area contributed by atoms with Crippen LogP contribution in [0.3, 0.4) is 0 Å². The fourth-order valence-corrected chi connectivity index (χ4v) is 3.05. The van der Waals surface area contributed by atoms with Gasteiger partial charge in [-0.05, 0) is 31.2 Å². The molecular weight excluding hydrogens is 274 g/mol. The van der Waals surface area contributed by atoms with Crippen LogP contribution in [0.15, 0.2) is 16.5 Å². The number of furan rings is 1. The van der Waals surface area contributed by atoms with E-state index in [1.54, 1.807) is 17.8 Å². The van der Waals surface area contributed by atoms with Crippen LogP contribution >= 0.6 is 11.8 Å². The second-order valence-corrected chi connectivity index (χ2v) is 6.39. The Balaban J connectivity index is 1.87. The van der Waals surface area contributed by atoms with Gasteiger partial charge in [0.05, 0.1) is 11.4 Å². The molecule has 2 N–H and O–H groups in total.